The van der Waals surface area contributed by atoms with Crippen molar-refractivity contribution in [1.29, 1.82) is 0 Å². The van der Waals surface area contributed by atoms with Crippen LogP contribution in [0.25, 0.3) is 0 Å². The minimum absolute atomic E-state index is 0.193. The topological polar surface area (TPSA) is 98.0 Å². The second-order valence-corrected chi connectivity index (χ2v) is 12.7. The van der Waals surface area contributed by atoms with E-state index in [2.05, 4.69) is 20.8 Å². The minimum atomic E-state index is -0.926. The number of carboxylic acids is 1. The van der Waals surface area contributed by atoms with Crippen molar-refractivity contribution in [3.8, 4) is 0 Å². The molecule has 0 amide bonds. The van der Waals surface area contributed by atoms with Crippen LogP contribution in [0.3, 0.4) is 0 Å². The largest absolute Gasteiger partial charge is 0.481 e. The van der Waals surface area contributed by atoms with Crippen molar-refractivity contribution >= 4 is 5.97 Å². The minimum Gasteiger partial charge on any atom is -0.481 e. The van der Waals surface area contributed by atoms with Gasteiger partial charge in [0.05, 0.1) is 24.2 Å². The van der Waals surface area contributed by atoms with Gasteiger partial charge in [-0.3, -0.25) is 4.79 Å². The molecule has 4 aliphatic carbocycles. The van der Waals surface area contributed by atoms with E-state index in [0.717, 1.165) is 32.1 Å². The van der Waals surface area contributed by atoms with Gasteiger partial charge in [-0.15, -0.1) is 0 Å². The zero-order valence-electron chi connectivity index (χ0n) is 20.5. The van der Waals surface area contributed by atoms with Crippen molar-refractivity contribution in [3.05, 3.63) is 0 Å². The average Bonchev–Trinajstić information content (AvgIpc) is 3.09. The summed E-state index contributed by atoms with van der Waals surface area (Å²) in [4.78, 5) is 11.2. The maximum Gasteiger partial charge on any atom is 0.308 e. The Hall–Kier alpha value is -0.650. The Kier molecular flexibility index (Phi) is 6.77. The fraction of sp³-hybridized carbons (Fsp3) is 0.963. The molecule has 0 aromatic heterocycles. The highest BCUT2D eigenvalue weighted by molar-refractivity contribution is 5.70. The molecule has 4 rings (SSSR count). The third kappa shape index (κ3) is 3.94. The van der Waals surface area contributed by atoms with Gasteiger partial charge < -0.3 is 20.4 Å². The van der Waals surface area contributed by atoms with Gasteiger partial charge in [0, 0.05) is 0 Å². The number of aliphatic carboxylic acids is 1. The lowest BCUT2D eigenvalue weighted by atomic mass is 9.43. The maximum absolute atomic E-state index is 11.3. The predicted molar refractivity (Wildman–Crippen MR) is 124 cm³/mol. The standard InChI is InChI=1S/C27H46O5/c1-15(5-8-22(29)16(2)25(31)32)19-6-7-20-24-21(10-12-27(19,20)4)26(3)11-9-18(28)13-17(26)14-23(24)30/h15-24,28-30H,5-14H2,1-4H3,(H,31,32)/t15-,16?,17-,18-,19-,20+,21+,22?,23-,24+,26+,27-/m1/s1. The summed E-state index contributed by atoms with van der Waals surface area (Å²) >= 11 is 0. The number of rotatable bonds is 6. The summed E-state index contributed by atoms with van der Waals surface area (Å²) in [7, 11) is 0. The first-order valence-corrected chi connectivity index (χ1v) is 13.3. The average molecular weight is 451 g/mol. The molecule has 0 saturated heterocycles. The van der Waals surface area contributed by atoms with Gasteiger partial charge in [-0.2, -0.15) is 0 Å². The number of aliphatic hydroxyl groups excluding tert-OH is 3. The molecule has 12 atom stereocenters. The molecular formula is C27H46O5. The van der Waals surface area contributed by atoms with Crippen LogP contribution < -0.4 is 0 Å². The maximum atomic E-state index is 11.3. The molecular weight excluding hydrogens is 404 g/mol. The van der Waals surface area contributed by atoms with Crippen LogP contribution in [0.2, 0.25) is 0 Å². The fourth-order valence-electron chi connectivity index (χ4n) is 9.22. The molecule has 4 fully saturated rings. The van der Waals surface area contributed by atoms with Crippen LogP contribution in [0.1, 0.15) is 91.9 Å². The van der Waals surface area contributed by atoms with Gasteiger partial charge in [0.2, 0.25) is 0 Å². The molecule has 0 aromatic carbocycles. The Morgan fingerprint density at radius 2 is 1.59 bits per heavy atom. The molecule has 5 heteroatoms. The summed E-state index contributed by atoms with van der Waals surface area (Å²) in [6, 6.07) is 0. The zero-order valence-corrected chi connectivity index (χ0v) is 20.5. The third-order valence-corrected chi connectivity index (χ3v) is 11.3. The van der Waals surface area contributed by atoms with E-state index in [-0.39, 0.29) is 23.0 Å². The number of aliphatic hydroxyl groups is 3. The SMILES string of the molecule is CC(C(=O)O)C(O)CC[C@@H](C)[C@H]1CC[C@H]2[C@@H]3[C@H](O)C[C@H]4C[C@H](O)CC[C@]4(C)[C@H]3CC[C@]12C. The number of carbonyl (C=O) groups is 1. The smallest absolute Gasteiger partial charge is 0.308 e. The van der Waals surface area contributed by atoms with Gasteiger partial charge in [0.1, 0.15) is 0 Å². The quantitative estimate of drug-likeness (QED) is 0.478. The van der Waals surface area contributed by atoms with Gasteiger partial charge in [0.15, 0.2) is 0 Å². The van der Waals surface area contributed by atoms with Gasteiger partial charge in [0.25, 0.3) is 0 Å². The first-order valence-electron chi connectivity index (χ1n) is 13.3. The van der Waals surface area contributed by atoms with E-state index in [4.69, 9.17) is 0 Å². The second kappa shape index (κ2) is 8.85. The molecule has 184 valence electrons. The summed E-state index contributed by atoms with van der Waals surface area (Å²) in [5, 5.41) is 41.1. The molecule has 0 aliphatic heterocycles. The summed E-state index contributed by atoms with van der Waals surface area (Å²) in [5.74, 6) is 1.32. The third-order valence-electron chi connectivity index (χ3n) is 11.3. The van der Waals surface area contributed by atoms with E-state index in [1.807, 2.05) is 0 Å². The molecule has 0 bridgehead atoms. The number of hydrogen-bond acceptors (Lipinski definition) is 4. The van der Waals surface area contributed by atoms with Crippen LogP contribution in [-0.4, -0.2) is 44.7 Å². The summed E-state index contributed by atoms with van der Waals surface area (Å²) < 4.78 is 0. The van der Waals surface area contributed by atoms with E-state index in [1.54, 1.807) is 6.92 Å². The Labute approximate surface area is 194 Å². The molecule has 0 aromatic rings. The van der Waals surface area contributed by atoms with Crippen molar-refractivity contribution in [1.82, 2.24) is 0 Å². The lowest BCUT2D eigenvalue weighted by Crippen LogP contribution is -2.58. The summed E-state index contributed by atoms with van der Waals surface area (Å²) in [6.07, 6.45) is 8.64. The van der Waals surface area contributed by atoms with E-state index in [9.17, 15) is 25.2 Å². The summed E-state index contributed by atoms with van der Waals surface area (Å²) in [5.41, 5.74) is 0.480. The summed E-state index contributed by atoms with van der Waals surface area (Å²) in [6.45, 7) is 8.80. The zero-order chi connectivity index (χ0) is 23.4. The Bertz CT molecular complexity index is 696. The van der Waals surface area contributed by atoms with Gasteiger partial charge in [-0.25, -0.2) is 0 Å². The number of carboxylic acid groups (broad SMARTS) is 1. The first-order chi connectivity index (χ1) is 15.0. The highest BCUT2D eigenvalue weighted by Crippen LogP contribution is 2.68. The monoisotopic (exact) mass is 450 g/mol. The highest BCUT2D eigenvalue weighted by Gasteiger charge is 2.62. The van der Waals surface area contributed by atoms with Gasteiger partial charge >= 0.3 is 5.97 Å². The molecule has 4 saturated carbocycles. The molecule has 32 heavy (non-hydrogen) atoms. The van der Waals surface area contributed by atoms with Crippen LogP contribution in [-0.2, 0) is 4.79 Å². The Morgan fingerprint density at radius 3 is 2.28 bits per heavy atom. The molecule has 0 spiro atoms. The van der Waals surface area contributed by atoms with Gasteiger partial charge in [-0.05, 0) is 117 Å². The second-order valence-electron chi connectivity index (χ2n) is 12.7. The van der Waals surface area contributed by atoms with Crippen LogP contribution >= 0.6 is 0 Å². The number of fused-ring (bicyclic) bond motifs is 5. The van der Waals surface area contributed by atoms with Crippen LogP contribution in [0.5, 0.6) is 0 Å². The lowest BCUT2D eigenvalue weighted by molar-refractivity contribution is -0.174. The Morgan fingerprint density at radius 1 is 0.938 bits per heavy atom. The van der Waals surface area contributed by atoms with E-state index in [1.165, 1.54) is 25.7 Å². The highest BCUT2D eigenvalue weighted by atomic mass is 16.4. The van der Waals surface area contributed by atoms with Crippen molar-refractivity contribution in [2.24, 2.45) is 52.3 Å². The molecule has 0 radical (unpaired) electrons. The van der Waals surface area contributed by atoms with Gasteiger partial charge in [-0.1, -0.05) is 20.8 Å². The van der Waals surface area contributed by atoms with Crippen LogP contribution in [0, 0.1) is 52.3 Å². The van der Waals surface area contributed by atoms with Crippen LogP contribution in [0.15, 0.2) is 0 Å². The lowest BCUT2D eigenvalue weighted by Gasteiger charge is -2.62. The molecule has 2 unspecified atom stereocenters. The normalized spacial score (nSPS) is 48.8. The predicted octanol–water partition coefficient (Wildman–Crippen LogP) is 4.47. The van der Waals surface area contributed by atoms with E-state index < -0.39 is 18.0 Å². The van der Waals surface area contributed by atoms with E-state index in [0.29, 0.717) is 41.9 Å². The first kappa shape index (κ1) is 24.5. The van der Waals surface area contributed by atoms with Crippen molar-refractivity contribution in [2.75, 3.05) is 0 Å². The van der Waals surface area contributed by atoms with Crippen LogP contribution in [0.4, 0.5) is 0 Å². The molecule has 4 aliphatic rings. The number of hydrogen-bond donors (Lipinski definition) is 4. The van der Waals surface area contributed by atoms with Crippen molar-refractivity contribution in [2.45, 2.75) is 110 Å². The molecule has 5 nitrogen and oxygen atoms in total. The van der Waals surface area contributed by atoms with E-state index >= 15 is 0 Å². The fourth-order valence-corrected chi connectivity index (χ4v) is 9.22. The Balaban J connectivity index is 1.47. The molecule has 0 heterocycles. The molecule has 4 N–H and O–H groups in total. The van der Waals surface area contributed by atoms with Crippen molar-refractivity contribution < 1.29 is 25.2 Å². The van der Waals surface area contributed by atoms with Crippen molar-refractivity contribution in [3.63, 3.8) is 0 Å².